The molecule has 2 aromatic rings. The number of anilines is 2. The summed E-state index contributed by atoms with van der Waals surface area (Å²) in [5.41, 5.74) is 2.83. The summed E-state index contributed by atoms with van der Waals surface area (Å²) in [7, 11) is 0. The summed E-state index contributed by atoms with van der Waals surface area (Å²) in [6.45, 7) is 1.59. The van der Waals surface area contributed by atoms with Crippen LogP contribution in [0.1, 0.15) is 42.9 Å². The summed E-state index contributed by atoms with van der Waals surface area (Å²) < 4.78 is 0. The molecule has 4 rings (SSSR count). The Bertz CT molecular complexity index is 836. The number of hydrogen-bond donors (Lipinski definition) is 2. The highest BCUT2D eigenvalue weighted by Crippen LogP contribution is 2.41. The van der Waals surface area contributed by atoms with Crippen LogP contribution in [0.5, 0.6) is 0 Å². The Balaban J connectivity index is 1.61. The minimum Gasteiger partial charge on any atom is -0.480 e. The van der Waals surface area contributed by atoms with Crippen LogP contribution in [0.3, 0.4) is 0 Å². The highest BCUT2D eigenvalue weighted by molar-refractivity contribution is 6.30. The van der Waals surface area contributed by atoms with Gasteiger partial charge in [-0.05, 0) is 56.3 Å². The number of benzene rings is 1. The van der Waals surface area contributed by atoms with Crippen LogP contribution in [-0.4, -0.2) is 34.1 Å². The molecule has 2 aliphatic rings. The minimum absolute atomic E-state index is 0.219. The van der Waals surface area contributed by atoms with Crippen molar-refractivity contribution in [2.75, 3.05) is 18.0 Å². The maximum atomic E-state index is 11.4. The maximum absolute atomic E-state index is 11.4. The van der Waals surface area contributed by atoms with E-state index in [0.717, 1.165) is 43.1 Å². The van der Waals surface area contributed by atoms with Gasteiger partial charge in [0.05, 0.1) is 5.69 Å². The highest BCUT2D eigenvalue weighted by Gasteiger charge is 2.29. The van der Waals surface area contributed by atoms with Crippen molar-refractivity contribution in [3.05, 3.63) is 46.7 Å². The van der Waals surface area contributed by atoms with E-state index < -0.39 is 5.97 Å². The van der Waals surface area contributed by atoms with Crippen molar-refractivity contribution in [2.45, 2.75) is 38.1 Å². The second-order valence-electron chi connectivity index (χ2n) is 7.39. The van der Waals surface area contributed by atoms with E-state index in [-0.39, 0.29) is 6.54 Å². The molecule has 6 nitrogen and oxygen atoms in total. The molecule has 1 aromatic heterocycles. The van der Waals surface area contributed by atoms with Crippen LogP contribution < -0.4 is 10.2 Å². The van der Waals surface area contributed by atoms with Crippen molar-refractivity contribution >= 4 is 29.2 Å². The van der Waals surface area contributed by atoms with Crippen molar-refractivity contribution in [1.82, 2.24) is 15.3 Å². The molecule has 7 heteroatoms. The van der Waals surface area contributed by atoms with Crippen LogP contribution in [0, 0.1) is 5.92 Å². The summed E-state index contributed by atoms with van der Waals surface area (Å²) in [6.07, 6.45) is 6.74. The van der Waals surface area contributed by atoms with Gasteiger partial charge in [-0.25, -0.2) is 9.97 Å². The molecule has 0 amide bonds. The molecule has 1 aromatic carbocycles. The number of aliphatic carboxylic acids is 1. The first-order valence-corrected chi connectivity index (χ1v) is 9.79. The standard InChI is InChI=1S/C20H23ClN4O2/c21-16-2-1-3-17(8-16)25(12-18(26)27)20-23-11-15(10-22-9-13-4-5-13)19(24-20)14-6-7-14/h1-3,8,11,13-14,22H,4-7,9-10,12H2,(H,26,27). The van der Waals surface area contributed by atoms with Crippen LogP contribution in [-0.2, 0) is 11.3 Å². The third-order valence-electron chi connectivity index (χ3n) is 4.95. The second-order valence-corrected chi connectivity index (χ2v) is 7.83. The number of aromatic nitrogens is 2. The van der Waals surface area contributed by atoms with E-state index in [1.165, 1.54) is 12.8 Å². The van der Waals surface area contributed by atoms with E-state index in [4.69, 9.17) is 16.6 Å². The summed E-state index contributed by atoms with van der Waals surface area (Å²) >= 11 is 6.09. The van der Waals surface area contributed by atoms with Gasteiger partial charge >= 0.3 is 5.97 Å². The molecule has 1 heterocycles. The smallest absolute Gasteiger partial charge is 0.323 e. The first-order chi connectivity index (χ1) is 13.1. The molecule has 0 atom stereocenters. The van der Waals surface area contributed by atoms with E-state index in [0.29, 0.717) is 22.6 Å². The van der Waals surface area contributed by atoms with Crippen molar-refractivity contribution in [2.24, 2.45) is 5.92 Å². The summed E-state index contributed by atoms with van der Waals surface area (Å²) in [4.78, 5) is 22.3. The number of carboxylic acids is 1. The molecule has 27 heavy (non-hydrogen) atoms. The van der Waals surface area contributed by atoms with Gasteiger partial charge in [-0.15, -0.1) is 0 Å². The van der Waals surface area contributed by atoms with E-state index in [2.05, 4.69) is 10.3 Å². The molecule has 0 radical (unpaired) electrons. The van der Waals surface area contributed by atoms with Gasteiger partial charge < -0.3 is 10.4 Å². The number of carboxylic acid groups (broad SMARTS) is 1. The monoisotopic (exact) mass is 386 g/mol. The third-order valence-corrected chi connectivity index (χ3v) is 5.18. The fourth-order valence-electron chi connectivity index (χ4n) is 3.18. The SMILES string of the molecule is O=C(O)CN(c1cccc(Cl)c1)c1ncc(CNCC2CC2)c(C2CC2)n1. The molecular weight excluding hydrogens is 364 g/mol. The molecule has 142 valence electrons. The molecule has 2 saturated carbocycles. The lowest BCUT2D eigenvalue weighted by atomic mass is 10.1. The predicted octanol–water partition coefficient (Wildman–Crippen LogP) is 3.73. The van der Waals surface area contributed by atoms with Gasteiger partial charge in [0.25, 0.3) is 0 Å². The topological polar surface area (TPSA) is 78.3 Å². The molecule has 2 N–H and O–H groups in total. The van der Waals surface area contributed by atoms with Gasteiger partial charge in [0, 0.05) is 34.9 Å². The van der Waals surface area contributed by atoms with Crippen LogP contribution in [0.25, 0.3) is 0 Å². The number of nitrogens with zero attached hydrogens (tertiary/aromatic N) is 3. The lowest BCUT2D eigenvalue weighted by Crippen LogP contribution is -2.27. The first kappa shape index (κ1) is 18.2. The average molecular weight is 387 g/mol. The van der Waals surface area contributed by atoms with Gasteiger partial charge in [0.1, 0.15) is 6.54 Å². The quantitative estimate of drug-likeness (QED) is 0.683. The largest absolute Gasteiger partial charge is 0.480 e. The zero-order chi connectivity index (χ0) is 18.8. The minimum atomic E-state index is -0.943. The number of rotatable bonds is 9. The maximum Gasteiger partial charge on any atom is 0.323 e. The summed E-state index contributed by atoms with van der Waals surface area (Å²) in [5, 5.41) is 13.4. The van der Waals surface area contributed by atoms with Crippen LogP contribution in [0.4, 0.5) is 11.6 Å². The third kappa shape index (κ3) is 4.76. The lowest BCUT2D eigenvalue weighted by molar-refractivity contribution is -0.135. The van der Waals surface area contributed by atoms with Gasteiger partial charge in [0.15, 0.2) is 0 Å². The van der Waals surface area contributed by atoms with E-state index in [9.17, 15) is 9.90 Å². The zero-order valence-electron chi connectivity index (χ0n) is 15.1. The Hall–Kier alpha value is -2.18. The average Bonchev–Trinajstić information content (AvgIpc) is 3.54. The molecule has 0 unspecified atom stereocenters. The Morgan fingerprint density at radius 1 is 1.30 bits per heavy atom. The van der Waals surface area contributed by atoms with Gasteiger partial charge in [0.2, 0.25) is 5.95 Å². The van der Waals surface area contributed by atoms with Crippen molar-refractivity contribution in [3.8, 4) is 0 Å². The van der Waals surface area contributed by atoms with E-state index in [1.54, 1.807) is 23.1 Å². The van der Waals surface area contributed by atoms with Gasteiger partial charge in [-0.3, -0.25) is 9.69 Å². The molecule has 2 aliphatic carbocycles. The molecular formula is C20H23ClN4O2. The second kappa shape index (κ2) is 7.82. The summed E-state index contributed by atoms with van der Waals surface area (Å²) in [5.74, 6) is 0.744. The van der Waals surface area contributed by atoms with Crippen molar-refractivity contribution in [1.29, 1.82) is 0 Å². The fourth-order valence-corrected chi connectivity index (χ4v) is 3.36. The number of hydrogen-bond acceptors (Lipinski definition) is 5. The lowest BCUT2D eigenvalue weighted by Gasteiger charge is -2.22. The van der Waals surface area contributed by atoms with E-state index >= 15 is 0 Å². The Morgan fingerprint density at radius 2 is 2.11 bits per heavy atom. The Morgan fingerprint density at radius 3 is 2.78 bits per heavy atom. The Labute approximate surface area is 163 Å². The van der Waals surface area contributed by atoms with Crippen LogP contribution in [0.2, 0.25) is 5.02 Å². The molecule has 2 fully saturated rings. The van der Waals surface area contributed by atoms with Gasteiger partial charge in [-0.2, -0.15) is 0 Å². The highest BCUT2D eigenvalue weighted by atomic mass is 35.5. The first-order valence-electron chi connectivity index (χ1n) is 9.41. The fraction of sp³-hybridized carbons (Fsp3) is 0.450. The number of carbonyl (C=O) groups is 1. The zero-order valence-corrected chi connectivity index (χ0v) is 15.8. The summed E-state index contributed by atoms with van der Waals surface area (Å²) in [6, 6.07) is 7.11. The molecule has 0 saturated heterocycles. The molecule has 0 aliphatic heterocycles. The predicted molar refractivity (Wildman–Crippen MR) is 105 cm³/mol. The number of nitrogens with one attached hydrogen (secondary N) is 1. The van der Waals surface area contributed by atoms with Crippen molar-refractivity contribution < 1.29 is 9.90 Å². The Kier molecular flexibility index (Phi) is 5.27. The molecule has 0 spiro atoms. The van der Waals surface area contributed by atoms with E-state index in [1.807, 2.05) is 12.3 Å². The normalized spacial score (nSPS) is 16.3. The molecule has 0 bridgehead atoms. The van der Waals surface area contributed by atoms with Gasteiger partial charge in [-0.1, -0.05) is 17.7 Å². The van der Waals surface area contributed by atoms with Crippen LogP contribution >= 0.6 is 11.6 Å². The van der Waals surface area contributed by atoms with Crippen LogP contribution in [0.15, 0.2) is 30.5 Å². The number of halogens is 1. The van der Waals surface area contributed by atoms with Crippen molar-refractivity contribution in [3.63, 3.8) is 0 Å².